The largest absolute Gasteiger partial charge is 0.272 e. The van der Waals surface area contributed by atoms with Crippen LogP contribution in [0, 0.1) is 25.5 Å². The Bertz CT molecular complexity index is 602. The first-order valence-corrected chi connectivity index (χ1v) is 6.34. The van der Waals surface area contributed by atoms with E-state index in [4.69, 9.17) is 5.84 Å². The minimum Gasteiger partial charge on any atom is -0.272 e. The maximum Gasteiger partial charge on any atom is 0.130 e. The van der Waals surface area contributed by atoms with Gasteiger partial charge in [0.2, 0.25) is 0 Å². The highest BCUT2D eigenvalue weighted by Gasteiger charge is 2.22. The predicted octanol–water partition coefficient (Wildman–Crippen LogP) is 2.06. The average molecular weight is 280 g/mol. The second-order valence-electron chi connectivity index (χ2n) is 4.83. The molecule has 0 radical (unpaired) electrons. The Balaban J connectivity index is 2.39. The molecule has 1 unspecified atom stereocenters. The zero-order chi connectivity index (χ0) is 14.9. The van der Waals surface area contributed by atoms with Crippen molar-refractivity contribution >= 4 is 0 Å². The zero-order valence-electron chi connectivity index (χ0n) is 11.7. The summed E-state index contributed by atoms with van der Waals surface area (Å²) in [5.41, 5.74) is 5.19. The van der Waals surface area contributed by atoms with Crippen molar-refractivity contribution in [2.75, 3.05) is 0 Å². The molecule has 20 heavy (non-hydrogen) atoms. The van der Waals surface area contributed by atoms with Gasteiger partial charge in [-0.1, -0.05) is 6.07 Å². The lowest BCUT2D eigenvalue weighted by Crippen LogP contribution is -2.31. The topological polar surface area (TPSA) is 55.9 Å². The zero-order valence-corrected chi connectivity index (χ0v) is 11.7. The first kappa shape index (κ1) is 14.6. The van der Waals surface area contributed by atoms with Gasteiger partial charge in [-0.3, -0.25) is 16.0 Å². The molecule has 0 saturated carbocycles. The van der Waals surface area contributed by atoms with Crippen LogP contribution in [0.25, 0.3) is 0 Å². The molecule has 4 nitrogen and oxygen atoms in total. The minimum atomic E-state index is -0.641. The highest BCUT2D eigenvalue weighted by molar-refractivity contribution is 5.30. The molecule has 0 spiro atoms. The smallest absolute Gasteiger partial charge is 0.130 e. The fourth-order valence-electron chi connectivity index (χ4n) is 2.40. The molecule has 2 rings (SSSR count). The summed E-state index contributed by atoms with van der Waals surface area (Å²) in [6.07, 6.45) is 0.375. The molecule has 3 N–H and O–H groups in total. The number of halogens is 2. The van der Waals surface area contributed by atoms with Gasteiger partial charge in [-0.05, 0) is 38.0 Å². The van der Waals surface area contributed by atoms with Gasteiger partial charge in [0.05, 0.1) is 11.7 Å². The van der Waals surface area contributed by atoms with Crippen molar-refractivity contribution < 1.29 is 8.78 Å². The average Bonchev–Trinajstić information content (AvgIpc) is 2.63. The lowest BCUT2D eigenvalue weighted by molar-refractivity contribution is 0.472. The van der Waals surface area contributed by atoms with Gasteiger partial charge >= 0.3 is 0 Å². The molecule has 0 aliphatic carbocycles. The lowest BCUT2D eigenvalue weighted by Gasteiger charge is -2.18. The van der Waals surface area contributed by atoms with Gasteiger partial charge in [-0.15, -0.1) is 0 Å². The number of aryl methyl sites for hydroxylation is 2. The molecule has 0 aliphatic rings. The van der Waals surface area contributed by atoms with E-state index < -0.39 is 17.7 Å². The minimum absolute atomic E-state index is 0.0438. The van der Waals surface area contributed by atoms with Crippen LogP contribution in [0.1, 0.15) is 28.6 Å². The molecule has 108 valence electrons. The Morgan fingerprint density at radius 2 is 1.90 bits per heavy atom. The van der Waals surface area contributed by atoms with Gasteiger partial charge in [-0.25, -0.2) is 8.78 Å². The summed E-state index contributed by atoms with van der Waals surface area (Å²) in [6.45, 7) is 3.79. The summed E-state index contributed by atoms with van der Waals surface area (Å²) in [5.74, 6) is 4.28. The van der Waals surface area contributed by atoms with E-state index in [2.05, 4.69) is 10.5 Å². The molecule has 2 aromatic rings. The fourth-order valence-corrected chi connectivity index (χ4v) is 2.40. The van der Waals surface area contributed by atoms with Gasteiger partial charge < -0.3 is 0 Å². The summed E-state index contributed by atoms with van der Waals surface area (Å²) < 4.78 is 29.4. The van der Waals surface area contributed by atoms with E-state index in [0.29, 0.717) is 6.42 Å². The van der Waals surface area contributed by atoms with Crippen LogP contribution in [-0.4, -0.2) is 9.78 Å². The van der Waals surface area contributed by atoms with Gasteiger partial charge in [0.25, 0.3) is 0 Å². The quantitative estimate of drug-likeness (QED) is 0.666. The number of hydrogen-bond donors (Lipinski definition) is 2. The van der Waals surface area contributed by atoms with Crippen molar-refractivity contribution in [1.29, 1.82) is 0 Å². The summed E-state index contributed by atoms with van der Waals surface area (Å²) in [4.78, 5) is 0. The van der Waals surface area contributed by atoms with Gasteiger partial charge in [0.1, 0.15) is 11.6 Å². The first-order valence-electron chi connectivity index (χ1n) is 6.34. The molecular formula is C14H18F2N4. The number of hydrogen-bond acceptors (Lipinski definition) is 3. The first-order chi connectivity index (χ1) is 9.45. The van der Waals surface area contributed by atoms with Crippen molar-refractivity contribution in [2.24, 2.45) is 12.9 Å². The number of rotatable bonds is 4. The van der Waals surface area contributed by atoms with Crippen molar-refractivity contribution in [3.63, 3.8) is 0 Å². The maximum atomic E-state index is 13.8. The fraction of sp³-hybridized carbons (Fsp3) is 0.357. The summed E-state index contributed by atoms with van der Waals surface area (Å²) >= 11 is 0. The van der Waals surface area contributed by atoms with Crippen molar-refractivity contribution in [1.82, 2.24) is 15.2 Å². The SMILES string of the molecule is Cc1nn(C)c(C)c1CC(NN)c1c(F)cccc1F. The van der Waals surface area contributed by atoms with E-state index in [1.165, 1.54) is 18.2 Å². The Morgan fingerprint density at radius 3 is 2.35 bits per heavy atom. The van der Waals surface area contributed by atoms with Gasteiger partial charge in [0.15, 0.2) is 0 Å². The van der Waals surface area contributed by atoms with Crippen LogP contribution in [0.3, 0.4) is 0 Å². The third kappa shape index (κ3) is 2.57. The van der Waals surface area contributed by atoms with Gasteiger partial charge in [0, 0.05) is 18.3 Å². The Hall–Kier alpha value is -1.79. The third-order valence-electron chi connectivity index (χ3n) is 3.62. The van der Waals surface area contributed by atoms with Crippen molar-refractivity contribution in [3.05, 3.63) is 52.3 Å². The number of nitrogens with two attached hydrogens (primary N) is 1. The van der Waals surface area contributed by atoms with Crippen LogP contribution in [0.4, 0.5) is 8.78 Å². The summed E-state index contributed by atoms with van der Waals surface area (Å²) in [5, 5.41) is 4.30. The Labute approximate surface area is 116 Å². The van der Waals surface area contributed by atoms with E-state index in [1.807, 2.05) is 20.9 Å². The van der Waals surface area contributed by atoms with Crippen LogP contribution in [0.15, 0.2) is 18.2 Å². The molecule has 1 atom stereocenters. The third-order valence-corrected chi connectivity index (χ3v) is 3.62. The van der Waals surface area contributed by atoms with Crippen molar-refractivity contribution in [3.8, 4) is 0 Å². The molecule has 1 heterocycles. The summed E-state index contributed by atoms with van der Waals surface area (Å²) in [6, 6.07) is 3.15. The van der Waals surface area contributed by atoms with Crippen LogP contribution < -0.4 is 11.3 Å². The highest BCUT2D eigenvalue weighted by atomic mass is 19.1. The maximum absolute atomic E-state index is 13.8. The molecule has 0 bridgehead atoms. The van der Waals surface area contributed by atoms with Crippen LogP contribution in [0.5, 0.6) is 0 Å². The van der Waals surface area contributed by atoms with E-state index in [-0.39, 0.29) is 5.56 Å². The number of hydrazine groups is 1. The monoisotopic (exact) mass is 280 g/mol. The Kier molecular flexibility index (Phi) is 4.15. The second kappa shape index (κ2) is 5.68. The molecule has 0 aliphatic heterocycles. The number of nitrogens with zero attached hydrogens (tertiary/aromatic N) is 2. The van der Waals surface area contributed by atoms with Crippen LogP contribution in [-0.2, 0) is 13.5 Å². The standard InChI is InChI=1S/C14H18F2N4/c1-8-10(9(2)20(3)19-8)7-13(18-17)14-11(15)5-4-6-12(14)16/h4-6,13,18H,7,17H2,1-3H3. The highest BCUT2D eigenvalue weighted by Crippen LogP contribution is 2.26. The van der Waals surface area contributed by atoms with E-state index in [0.717, 1.165) is 17.0 Å². The Morgan fingerprint density at radius 1 is 1.30 bits per heavy atom. The molecular weight excluding hydrogens is 262 g/mol. The molecule has 0 saturated heterocycles. The van der Waals surface area contributed by atoms with Crippen molar-refractivity contribution in [2.45, 2.75) is 26.3 Å². The van der Waals surface area contributed by atoms with E-state index in [1.54, 1.807) is 4.68 Å². The van der Waals surface area contributed by atoms with Crippen LogP contribution >= 0.6 is 0 Å². The normalized spacial score (nSPS) is 12.7. The van der Waals surface area contributed by atoms with E-state index >= 15 is 0 Å². The molecule has 0 amide bonds. The lowest BCUT2D eigenvalue weighted by atomic mass is 9.97. The molecule has 6 heteroatoms. The number of benzene rings is 1. The van der Waals surface area contributed by atoms with E-state index in [9.17, 15) is 8.78 Å². The van der Waals surface area contributed by atoms with Crippen LogP contribution in [0.2, 0.25) is 0 Å². The van der Waals surface area contributed by atoms with Gasteiger partial charge in [-0.2, -0.15) is 5.10 Å². The predicted molar refractivity (Wildman–Crippen MR) is 72.8 cm³/mol. The summed E-state index contributed by atoms with van der Waals surface area (Å²) in [7, 11) is 1.83. The molecule has 1 aromatic carbocycles. The second-order valence-corrected chi connectivity index (χ2v) is 4.83. The molecule has 0 fully saturated rings. The molecule has 1 aromatic heterocycles. The number of aromatic nitrogens is 2. The number of nitrogens with one attached hydrogen (secondary N) is 1.